The minimum Gasteiger partial charge on any atom is -0.381 e. The van der Waals surface area contributed by atoms with Gasteiger partial charge in [-0.15, -0.1) is 0 Å². The van der Waals surface area contributed by atoms with Crippen molar-refractivity contribution in [3.05, 3.63) is 23.9 Å². The fourth-order valence-corrected chi connectivity index (χ4v) is 1.92. The van der Waals surface area contributed by atoms with Gasteiger partial charge in [0.15, 0.2) is 0 Å². The van der Waals surface area contributed by atoms with Crippen LogP contribution in [-0.4, -0.2) is 30.6 Å². The third-order valence-corrected chi connectivity index (χ3v) is 3.02. The van der Waals surface area contributed by atoms with Crippen molar-refractivity contribution >= 4 is 11.7 Å². The van der Waals surface area contributed by atoms with E-state index in [4.69, 9.17) is 10.6 Å². The number of nitrogens with two attached hydrogens (primary N) is 1. The molecule has 2 heterocycles. The topological polar surface area (TPSA) is 89.3 Å². The number of anilines is 1. The second-order valence-electron chi connectivity index (χ2n) is 4.32. The first-order chi connectivity index (χ1) is 8.79. The normalized spacial score (nSPS) is 16.3. The number of nitrogens with zero attached hydrogens (tertiary/aromatic N) is 1. The number of aromatic nitrogens is 1. The second kappa shape index (κ2) is 6.32. The molecule has 0 aliphatic carbocycles. The highest BCUT2D eigenvalue weighted by Gasteiger charge is 2.15. The van der Waals surface area contributed by atoms with E-state index >= 15 is 0 Å². The minimum absolute atomic E-state index is 0.168. The second-order valence-corrected chi connectivity index (χ2v) is 4.32. The summed E-state index contributed by atoms with van der Waals surface area (Å²) in [4.78, 5) is 16.0. The van der Waals surface area contributed by atoms with Crippen LogP contribution < -0.4 is 16.6 Å². The molecule has 1 aliphatic rings. The molecule has 1 aromatic rings. The first-order valence-electron chi connectivity index (χ1n) is 6.09. The summed E-state index contributed by atoms with van der Waals surface area (Å²) in [6.07, 6.45) is 2.00. The molecule has 18 heavy (non-hydrogen) atoms. The summed E-state index contributed by atoms with van der Waals surface area (Å²) in [5.41, 5.74) is 2.79. The Kier molecular flexibility index (Phi) is 4.49. The molecule has 98 valence electrons. The lowest BCUT2D eigenvalue weighted by Gasteiger charge is -2.22. The lowest BCUT2D eigenvalue weighted by Crippen LogP contribution is -2.32. The fraction of sp³-hybridized carbons (Fsp3) is 0.500. The number of hydrogen-bond acceptors (Lipinski definition) is 5. The third kappa shape index (κ3) is 3.41. The van der Waals surface area contributed by atoms with Crippen LogP contribution in [-0.2, 0) is 4.74 Å². The Morgan fingerprint density at radius 2 is 2.22 bits per heavy atom. The molecule has 0 spiro atoms. The summed E-state index contributed by atoms with van der Waals surface area (Å²) in [5.74, 6) is 6.06. The van der Waals surface area contributed by atoms with Crippen LogP contribution in [0.15, 0.2) is 18.2 Å². The highest BCUT2D eigenvalue weighted by atomic mass is 16.5. The number of pyridine rings is 1. The molecule has 2 rings (SSSR count). The average Bonchev–Trinajstić information content (AvgIpc) is 2.46. The molecule has 1 aromatic heterocycles. The van der Waals surface area contributed by atoms with E-state index in [0.717, 1.165) is 26.1 Å². The van der Waals surface area contributed by atoms with Gasteiger partial charge in [-0.05, 0) is 30.9 Å². The van der Waals surface area contributed by atoms with Crippen molar-refractivity contribution in [1.29, 1.82) is 0 Å². The minimum atomic E-state index is -0.168. The van der Waals surface area contributed by atoms with Crippen molar-refractivity contribution in [2.24, 2.45) is 11.8 Å². The molecule has 0 atom stereocenters. The maximum Gasteiger partial charge on any atom is 0.269 e. The molecule has 1 fully saturated rings. The van der Waals surface area contributed by atoms with E-state index in [0.29, 0.717) is 24.0 Å². The number of carbonyl (C=O) groups excluding carboxylic acids is 1. The van der Waals surface area contributed by atoms with Crippen LogP contribution in [0.2, 0.25) is 0 Å². The third-order valence-electron chi connectivity index (χ3n) is 3.02. The van der Waals surface area contributed by atoms with E-state index in [-0.39, 0.29) is 5.91 Å². The molecular formula is C12H18N4O2. The highest BCUT2D eigenvalue weighted by Crippen LogP contribution is 2.13. The number of hydrazine groups is 1. The van der Waals surface area contributed by atoms with E-state index in [1.807, 2.05) is 0 Å². The average molecular weight is 250 g/mol. The summed E-state index contributed by atoms with van der Waals surface area (Å²) < 4.78 is 5.27. The highest BCUT2D eigenvalue weighted by molar-refractivity contribution is 5.92. The van der Waals surface area contributed by atoms with Gasteiger partial charge in [0.05, 0.1) is 0 Å². The fourth-order valence-electron chi connectivity index (χ4n) is 1.92. The van der Waals surface area contributed by atoms with Gasteiger partial charge in [0.1, 0.15) is 11.5 Å². The molecular weight excluding hydrogens is 232 g/mol. The Bertz CT molecular complexity index is 405. The van der Waals surface area contributed by atoms with Crippen LogP contribution in [0, 0.1) is 5.92 Å². The lowest BCUT2D eigenvalue weighted by molar-refractivity contribution is 0.0642. The summed E-state index contributed by atoms with van der Waals surface area (Å²) in [6.45, 7) is 2.24. The molecule has 0 unspecified atom stereocenters. The number of carbonyl (C=O) groups is 1. The van der Waals surface area contributed by atoms with Crippen molar-refractivity contribution in [2.75, 3.05) is 25.2 Å². The molecule has 6 nitrogen and oxygen atoms in total. The van der Waals surface area contributed by atoms with Gasteiger partial charge in [0.25, 0.3) is 5.91 Å². The lowest BCUT2D eigenvalue weighted by atomic mass is 10.0. The smallest absolute Gasteiger partial charge is 0.269 e. The van der Waals surface area contributed by atoms with Gasteiger partial charge in [0, 0.05) is 19.8 Å². The van der Waals surface area contributed by atoms with Crippen molar-refractivity contribution in [1.82, 2.24) is 10.3 Å². The molecule has 0 radical (unpaired) electrons. The molecule has 4 N–H and O–H groups in total. The summed E-state index contributed by atoms with van der Waals surface area (Å²) in [5, 5.41) is 2.89. The molecule has 1 aliphatic heterocycles. The zero-order valence-electron chi connectivity index (χ0n) is 10.2. The maximum atomic E-state index is 11.9. The summed E-state index contributed by atoms with van der Waals surface area (Å²) in [7, 11) is 0. The van der Waals surface area contributed by atoms with Gasteiger partial charge in [-0.25, -0.2) is 10.8 Å². The van der Waals surface area contributed by atoms with Crippen LogP contribution in [0.4, 0.5) is 5.82 Å². The zero-order valence-corrected chi connectivity index (χ0v) is 10.2. The summed E-state index contributed by atoms with van der Waals surface area (Å²) in [6, 6.07) is 5.11. The van der Waals surface area contributed by atoms with Crippen molar-refractivity contribution in [3.8, 4) is 0 Å². The quantitative estimate of drug-likeness (QED) is 0.535. The Hall–Kier alpha value is -1.66. The van der Waals surface area contributed by atoms with Crippen LogP contribution >= 0.6 is 0 Å². The largest absolute Gasteiger partial charge is 0.381 e. The van der Waals surface area contributed by atoms with E-state index in [1.165, 1.54) is 0 Å². The van der Waals surface area contributed by atoms with Crippen molar-refractivity contribution in [3.63, 3.8) is 0 Å². The Morgan fingerprint density at radius 3 is 2.94 bits per heavy atom. The van der Waals surface area contributed by atoms with Crippen LogP contribution in [0.3, 0.4) is 0 Å². The van der Waals surface area contributed by atoms with Gasteiger partial charge < -0.3 is 15.5 Å². The van der Waals surface area contributed by atoms with E-state index in [1.54, 1.807) is 18.2 Å². The van der Waals surface area contributed by atoms with Crippen LogP contribution in [0.5, 0.6) is 0 Å². The number of nitrogens with one attached hydrogen (secondary N) is 2. The standard InChI is InChI=1S/C12H18N4O2/c13-16-11-3-1-2-10(15-11)12(17)14-8-9-4-6-18-7-5-9/h1-3,9H,4-8,13H2,(H,14,17)(H,15,16). The predicted molar refractivity (Wildman–Crippen MR) is 67.9 cm³/mol. The maximum absolute atomic E-state index is 11.9. The first kappa shape index (κ1) is 12.8. The molecule has 6 heteroatoms. The van der Waals surface area contributed by atoms with Crippen molar-refractivity contribution in [2.45, 2.75) is 12.8 Å². The van der Waals surface area contributed by atoms with Crippen LogP contribution in [0.25, 0.3) is 0 Å². The molecule has 0 bridgehead atoms. The van der Waals surface area contributed by atoms with Gasteiger partial charge in [-0.2, -0.15) is 0 Å². The summed E-state index contributed by atoms with van der Waals surface area (Å²) >= 11 is 0. The number of ether oxygens (including phenoxy) is 1. The number of hydrogen-bond donors (Lipinski definition) is 3. The van der Waals surface area contributed by atoms with E-state index in [2.05, 4.69) is 15.7 Å². The molecule has 0 aromatic carbocycles. The monoisotopic (exact) mass is 250 g/mol. The van der Waals surface area contributed by atoms with Crippen molar-refractivity contribution < 1.29 is 9.53 Å². The van der Waals surface area contributed by atoms with Gasteiger partial charge >= 0.3 is 0 Å². The SMILES string of the molecule is NNc1cccc(C(=O)NCC2CCOCC2)n1. The van der Waals surface area contributed by atoms with Gasteiger partial charge in [-0.3, -0.25) is 4.79 Å². The van der Waals surface area contributed by atoms with E-state index in [9.17, 15) is 4.79 Å². The van der Waals surface area contributed by atoms with Gasteiger partial charge in [-0.1, -0.05) is 6.07 Å². The number of nitrogen functional groups attached to an aromatic ring is 1. The van der Waals surface area contributed by atoms with Gasteiger partial charge in [0.2, 0.25) is 0 Å². The molecule has 0 saturated carbocycles. The van der Waals surface area contributed by atoms with E-state index < -0.39 is 0 Å². The zero-order chi connectivity index (χ0) is 12.8. The first-order valence-corrected chi connectivity index (χ1v) is 6.09. The van der Waals surface area contributed by atoms with Crippen LogP contribution in [0.1, 0.15) is 23.3 Å². The predicted octanol–water partition coefficient (Wildman–Crippen LogP) is 0.524. The molecule has 1 amide bonds. The number of rotatable bonds is 4. The Labute approximate surface area is 106 Å². The Balaban J connectivity index is 1.86. The molecule has 1 saturated heterocycles. The number of amides is 1. The Morgan fingerprint density at radius 1 is 1.44 bits per heavy atom.